The van der Waals surface area contributed by atoms with E-state index in [1.165, 1.54) is 72.8 Å². The highest BCUT2D eigenvalue weighted by atomic mass is 32.2. The van der Waals surface area contributed by atoms with Crippen LogP contribution in [0.4, 0.5) is 11.4 Å². The Morgan fingerprint density at radius 1 is 0.676 bits per heavy atom. The zero-order chi connectivity index (χ0) is 26.6. The first-order valence-electron chi connectivity index (χ1n) is 10.5. The quantitative estimate of drug-likeness (QED) is 0.129. The summed E-state index contributed by atoms with van der Waals surface area (Å²) in [6.07, 6.45) is 0. The SMILES string of the molecule is O=C(Oc1cccc(Oc2ccc([N+](=O)[O-])cc2)c1)c1ccccc1S(=O)(=O)c1ccccc1[N+](=O)[O-]. The Bertz CT molecular complexity index is 1620. The topological polar surface area (TPSA) is 156 Å². The maximum atomic E-state index is 13.3. The number of non-ortho nitro benzene ring substituents is 1. The van der Waals surface area contributed by atoms with Crippen molar-refractivity contribution in [1.82, 2.24) is 0 Å². The van der Waals surface area contributed by atoms with Gasteiger partial charge in [0, 0.05) is 24.3 Å². The van der Waals surface area contributed by atoms with Crippen molar-refractivity contribution in [3.05, 3.63) is 123 Å². The Morgan fingerprint density at radius 2 is 1.30 bits per heavy atom. The van der Waals surface area contributed by atoms with Crippen molar-refractivity contribution in [2.45, 2.75) is 9.79 Å². The molecule has 0 atom stereocenters. The van der Waals surface area contributed by atoms with Gasteiger partial charge in [0.2, 0.25) is 9.84 Å². The second-order valence-corrected chi connectivity index (χ2v) is 9.33. The van der Waals surface area contributed by atoms with E-state index in [0.717, 1.165) is 18.2 Å². The zero-order valence-corrected chi connectivity index (χ0v) is 19.5. The maximum Gasteiger partial charge on any atom is 0.344 e. The Labute approximate surface area is 209 Å². The fourth-order valence-electron chi connectivity index (χ4n) is 3.36. The van der Waals surface area contributed by atoms with Gasteiger partial charge in [0.1, 0.15) is 22.1 Å². The lowest BCUT2D eigenvalue weighted by molar-refractivity contribution is -0.387. The van der Waals surface area contributed by atoms with Crippen LogP contribution in [0.1, 0.15) is 10.4 Å². The molecular formula is C25H16N2O9S. The highest BCUT2D eigenvalue weighted by molar-refractivity contribution is 7.91. The standard InChI is InChI=1S/C25H16N2O9S/c28-25(36-20-7-5-6-19(16-20)35-18-14-12-17(13-15-18)26(29)30)21-8-1-3-10-23(21)37(33,34)24-11-4-2-9-22(24)27(31)32/h1-16H. The minimum absolute atomic E-state index is 0.0299. The summed E-state index contributed by atoms with van der Waals surface area (Å²) >= 11 is 0. The van der Waals surface area contributed by atoms with E-state index in [0.29, 0.717) is 5.75 Å². The molecule has 4 aromatic carbocycles. The molecule has 0 radical (unpaired) electrons. The third kappa shape index (κ3) is 5.44. The van der Waals surface area contributed by atoms with Gasteiger partial charge in [-0.05, 0) is 42.5 Å². The van der Waals surface area contributed by atoms with Crippen LogP contribution in [-0.2, 0) is 9.84 Å². The van der Waals surface area contributed by atoms with E-state index in [-0.39, 0.29) is 22.7 Å². The van der Waals surface area contributed by atoms with Gasteiger partial charge in [0.15, 0.2) is 0 Å². The Balaban J connectivity index is 1.60. The molecule has 4 rings (SSSR count). The number of carbonyl (C=O) groups excluding carboxylic acids is 1. The third-order valence-corrected chi connectivity index (χ3v) is 6.91. The molecule has 0 amide bonds. The van der Waals surface area contributed by atoms with Crippen molar-refractivity contribution in [2.75, 3.05) is 0 Å². The molecule has 0 saturated heterocycles. The molecule has 0 saturated carbocycles. The molecule has 11 nitrogen and oxygen atoms in total. The fraction of sp³-hybridized carbons (Fsp3) is 0. The molecule has 0 heterocycles. The van der Waals surface area contributed by atoms with Crippen LogP contribution in [0.2, 0.25) is 0 Å². The van der Waals surface area contributed by atoms with Crippen LogP contribution in [0.3, 0.4) is 0 Å². The highest BCUT2D eigenvalue weighted by Crippen LogP contribution is 2.32. The average molecular weight is 520 g/mol. The van der Waals surface area contributed by atoms with Crippen molar-refractivity contribution in [3.63, 3.8) is 0 Å². The van der Waals surface area contributed by atoms with Crippen LogP contribution in [0.15, 0.2) is 107 Å². The van der Waals surface area contributed by atoms with Crippen LogP contribution < -0.4 is 9.47 Å². The first-order valence-corrected chi connectivity index (χ1v) is 12.0. The molecule has 0 spiro atoms. The molecule has 37 heavy (non-hydrogen) atoms. The summed E-state index contributed by atoms with van der Waals surface area (Å²) < 4.78 is 37.6. The number of nitro groups is 2. The number of hydrogen-bond acceptors (Lipinski definition) is 9. The van der Waals surface area contributed by atoms with E-state index in [4.69, 9.17) is 9.47 Å². The van der Waals surface area contributed by atoms with Crippen LogP contribution in [0, 0.1) is 20.2 Å². The van der Waals surface area contributed by atoms with Gasteiger partial charge < -0.3 is 9.47 Å². The van der Waals surface area contributed by atoms with Gasteiger partial charge in [-0.25, -0.2) is 13.2 Å². The normalized spacial score (nSPS) is 10.9. The lowest BCUT2D eigenvalue weighted by Gasteiger charge is -2.11. The number of sulfone groups is 1. The molecular weight excluding hydrogens is 504 g/mol. The molecule has 4 aromatic rings. The molecule has 186 valence electrons. The van der Waals surface area contributed by atoms with Gasteiger partial charge in [-0.15, -0.1) is 0 Å². The smallest absolute Gasteiger partial charge is 0.344 e. The predicted molar refractivity (Wildman–Crippen MR) is 130 cm³/mol. The first kappa shape index (κ1) is 25.0. The first-order chi connectivity index (χ1) is 17.7. The molecule has 0 N–H and O–H groups in total. The Kier molecular flexibility index (Phi) is 6.93. The molecule has 0 aromatic heterocycles. The zero-order valence-electron chi connectivity index (χ0n) is 18.7. The fourth-order valence-corrected chi connectivity index (χ4v) is 4.97. The molecule has 0 bridgehead atoms. The largest absolute Gasteiger partial charge is 0.457 e. The predicted octanol–water partition coefficient (Wildman–Crippen LogP) is 5.35. The molecule has 12 heteroatoms. The number of rotatable bonds is 8. The Hall–Kier alpha value is -5.10. The van der Waals surface area contributed by atoms with Crippen molar-refractivity contribution >= 4 is 27.2 Å². The Morgan fingerprint density at radius 3 is 1.97 bits per heavy atom. The number of ether oxygens (including phenoxy) is 2. The number of carbonyl (C=O) groups is 1. The second-order valence-electron chi connectivity index (χ2n) is 7.44. The van der Waals surface area contributed by atoms with Gasteiger partial charge in [0.25, 0.3) is 11.4 Å². The average Bonchev–Trinajstić information content (AvgIpc) is 2.89. The number of benzene rings is 4. The maximum absolute atomic E-state index is 13.3. The second kappa shape index (κ2) is 10.3. The number of nitro benzene ring substituents is 2. The summed E-state index contributed by atoms with van der Waals surface area (Å²) in [7, 11) is -4.46. The van der Waals surface area contributed by atoms with E-state index in [1.807, 2.05) is 0 Å². The summed E-state index contributed by atoms with van der Waals surface area (Å²) in [5, 5.41) is 22.2. The van der Waals surface area contributed by atoms with Gasteiger partial charge in [0.05, 0.1) is 20.3 Å². The highest BCUT2D eigenvalue weighted by Gasteiger charge is 2.31. The molecule has 0 aliphatic rings. The number of para-hydroxylation sites is 1. The summed E-state index contributed by atoms with van der Waals surface area (Å²) in [5.74, 6) is -0.428. The van der Waals surface area contributed by atoms with E-state index in [1.54, 1.807) is 6.07 Å². The summed E-state index contributed by atoms with van der Waals surface area (Å²) in [5.41, 5.74) is -1.05. The van der Waals surface area contributed by atoms with Crippen LogP contribution >= 0.6 is 0 Å². The van der Waals surface area contributed by atoms with E-state index >= 15 is 0 Å². The van der Waals surface area contributed by atoms with E-state index in [9.17, 15) is 33.4 Å². The number of esters is 1. The molecule has 0 aliphatic heterocycles. The van der Waals surface area contributed by atoms with Crippen LogP contribution in [0.5, 0.6) is 17.2 Å². The number of hydrogen-bond donors (Lipinski definition) is 0. The van der Waals surface area contributed by atoms with Crippen molar-refractivity contribution in [3.8, 4) is 17.2 Å². The van der Waals surface area contributed by atoms with Gasteiger partial charge in [-0.2, -0.15) is 0 Å². The summed E-state index contributed by atoms with van der Waals surface area (Å²) in [6.45, 7) is 0. The van der Waals surface area contributed by atoms with Gasteiger partial charge >= 0.3 is 5.97 Å². The summed E-state index contributed by atoms with van der Waals surface area (Å²) in [4.78, 5) is 32.8. The molecule has 0 unspecified atom stereocenters. The van der Waals surface area contributed by atoms with Crippen LogP contribution in [-0.4, -0.2) is 24.2 Å². The summed E-state index contributed by atoms with van der Waals surface area (Å²) in [6, 6.07) is 21.3. The van der Waals surface area contributed by atoms with Crippen molar-refractivity contribution in [1.29, 1.82) is 0 Å². The molecule has 0 aliphatic carbocycles. The number of nitrogens with zero attached hydrogens (tertiary/aromatic N) is 2. The van der Waals surface area contributed by atoms with Crippen LogP contribution in [0.25, 0.3) is 0 Å². The van der Waals surface area contributed by atoms with Gasteiger partial charge in [-0.3, -0.25) is 20.2 Å². The van der Waals surface area contributed by atoms with Crippen molar-refractivity contribution < 1.29 is 32.5 Å². The lowest BCUT2D eigenvalue weighted by atomic mass is 10.2. The van der Waals surface area contributed by atoms with E-state index in [2.05, 4.69) is 0 Å². The third-order valence-electron chi connectivity index (χ3n) is 5.05. The van der Waals surface area contributed by atoms with Crippen molar-refractivity contribution in [2.24, 2.45) is 0 Å². The van der Waals surface area contributed by atoms with Gasteiger partial charge in [-0.1, -0.05) is 30.3 Å². The molecule has 0 fully saturated rings. The lowest BCUT2D eigenvalue weighted by Crippen LogP contribution is -2.15. The minimum atomic E-state index is -4.46. The monoisotopic (exact) mass is 520 g/mol. The van der Waals surface area contributed by atoms with E-state index < -0.39 is 41.1 Å². The minimum Gasteiger partial charge on any atom is -0.457 e.